The van der Waals surface area contributed by atoms with E-state index in [1.165, 1.54) is 43.4 Å². The molecule has 1 saturated carbocycles. The van der Waals surface area contributed by atoms with E-state index in [0.29, 0.717) is 0 Å². The molecule has 0 saturated heterocycles. The van der Waals surface area contributed by atoms with Crippen LogP contribution in [0.2, 0.25) is 0 Å². The predicted octanol–water partition coefficient (Wildman–Crippen LogP) is 2.97. The molecule has 4 heteroatoms. The molecular formula is C16H25N3O. The standard InChI is InChI=1S/C16H25N3O/c1-2-5-14-15(6-3-1)18-12-19-16(14)17-9-4-10-20-11-13-7-8-13/h12-13H,1-11H2,(H,17,18,19). The van der Waals surface area contributed by atoms with Gasteiger partial charge in [0.05, 0.1) is 0 Å². The Labute approximate surface area is 121 Å². The van der Waals surface area contributed by atoms with Crippen molar-refractivity contribution in [2.75, 3.05) is 25.1 Å². The monoisotopic (exact) mass is 275 g/mol. The van der Waals surface area contributed by atoms with Gasteiger partial charge in [-0.2, -0.15) is 0 Å². The minimum absolute atomic E-state index is 0.858. The van der Waals surface area contributed by atoms with Gasteiger partial charge in [0.1, 0.15) is 12.1 Å². The van der Waals surface area contributed by atoms with E-state index in [9.17, 15) is 0 Å². The normalized spacial score (nSPS) is 18.4. The molecule has 20 heavy (non-hydrogen) atoms. The van der Waals surface area contributed by atoms with Crippen LogP contribution in [-0.2, 0) is 17.6 Å². The molecule has 1 fully saturated rings. The summed E-state index contributed by atoms with van der Waals surface area (Å²) >= 11 is 0. The number of ether oxygens (including phenoxy) is 1. The third kappa shape index (κ3) is 3.92. The highest BCUT2D eigenvalue weighted by molar-refractivity contribution is 5.46. The Morgan fingerprint density at radius 1 is 1.15 bits per heavy atom. The highest BCUT2D eigenvalue weighted by Crippen LogP contribution is 2.28. The molecule has 1 aromatic heterocycles. The summed E-state index contributed by atoms with van der Waals surface area (Å²) in [5.41, 5.74) is 2.61. The van der Waals surface area contributed by atoms with Crippen LogP contribution in [0, 0.1) is 5.92 Å². The first-order valence-electron chi connectivity index (χ1n) is 8.08. The van der Waals surface area contributed by atoms with Gasteiger partial charge in [-0.3, -0.25) is 0 Å². The third-order valence-corrected chi connectivity index (χ3v) is 4.18. The van der Waals surface area contributed by atoms with Crippen molar-refractivity contribution in [3.8, 4) is 0 Å². The summed E-state index contributed by atoms with van der Waals surface area (Å²) in [6.07, 6.45) is 11.6. The first-order chi connectivity index (χ1) is 9.93. The van der Waals surface area contributed by atoms with E-state index in [-0.39, 0.29) is 0 Å². The van der Waals surface area contributed by atoms with Crippen LogP contribution < -0.4 is 5.32 Å². The molecular weight excluding hydrogens is 250 g/mol. The van der Waals surface area contributed by atoms with Crippen molar-refractivity contribution in [3.05, 3.63) is 17.6 Å². The average Bonchev–Trinajstić information content (AvgIpc) is 3.29. The SMILES string of the molecule is c1nc2c(c(NCCCOCC3CC3)n1)CCCCC2. The number of anilines is 1. The van der Waals surface area contributed by atoms with E-state index < -0.39 is 0 Å². The van der Waals surface area contributed by atoms with E-state index >= 15 is 0 Å². The minimum atomic E-state index is 0.858. The fraction of sp³-hybridized carbons (Fsp3) is 0.750. The van der Waals surface area contributed by atoms with Gasteiger partial charge in [-0.05, 0) is 50.9 Å². The lowest BCUT2D eigenvalue weighted by Crippen LogP contribution is -2.11. The molecule has 1 aromatic rings. The first-order valence-corrected chi connectivity index (χ1v) is 8.08. The number of hydrogen-bond donors (Lipinski definition) is 1. The minimum Gasteiger partial charge on any atom is -0.381 e. The third-order valence-electron chi connectivity index (χ3n) is 4.18. The number of aryl methyl sites for hydroxylation is 1. The van der Waals surface area contributed by atoms with E-state index in [4.69, 9.17) is 4.74 Å². The molecule has 0 bridgehead atoms. The molecule has 1 heterocycles. The highest BCUT2D eigenvalue weighted by Gasteiger charge is 2.20. The van der Waals surface area contributed by atoms with E-state index in [0.717, 1.165) is 50.8 Å². The largest absolute Gasteiger partial charge is 0.381 e. The summed E-state index contributed by atoms with van der Waals surface area (Å²) < 4.78 is 5.66. The van der Waals surface area contributed by atoms with Crippen LogP contribution in [0.5, 0.6) is 0 Å². The van der Waals surface area contributed by atoms with Gasteiger partial charge >= 0.3 is 0 Å². The Bertz CT molecular complexity index is 432. The van der Waals surface area contributed by atoms with E-state index in [1.807, 2.05) is 0 Å². The zero-order valence-corrected chi connectivity index (χ0v) is 12.2. The average molecular weight is 275 g/mol. The summed E-state index contributed by atoms with van der Waals surface area (Å²) in [7, 11) is 0. The van der Waals surface area contributed by atoms with Crippen LogP contribution in [0.1, 0.15) is 49.8 Å². The maximum atomic E-state index is 5.66. The van der Waals surface area contributed by atoms with Crippen molar-refractivity contribution in [2.45, 2.75) is 51.4 Å². The molecule has 3 rings (SSSR count). The molecule has 0 spiro atoms. The van der Waals surface area contributed by atoms with E-state index in [1.54, 1.807) is 6.33 Å². The molecule has 0 unspecified atom stereocenters. The Morgan fingerprint density at radius 2 is 2.05 bits per heavy atom. The van der Waals surface area contributed by atoms with E-state index in [2.05, 4.69) is 15.3 Å². The van der Waals surface area contributed by atoms with Crippen molar-refractivity contribution in [2.24, 2.45) is 5.92 Å². The number of rotatable bonds is 7. The molecule has 1 N–H and O–H groups in total. The topological polar surface area (TPSA) is 47.0 Å². The van der Waals surface area contributed by atoms with Crippen molar-refractivity contribution in [3.63, 3.8) is 0 Å². The van der Waals surface area contributed by atoms with Gasteiger partial charge in [0.2, 0.25) is 0 Å². The number of nitrogens with zero attached hydrogens (tertiary/aromatic N) is 2. The van der Waals surface area contributed by atoms with Gasteiger partial charge in [0.25, 0.3) is 0 Å². The molecule has 2 aliphatic carbocycles. The second-order valence-corrected chi connectivity index (χ2v) is 6.01. The van der Waals surface area contributed by atoms with Gasteiger partial charge < -0.3 is 10.1 Å². The van der Waals surface area contributed by atoms with Gasteiger partial charge in [-0.25, -0.2) is 9.97 Å². The van der Waals surface area contributed by atoms with Gasteiger partial charge in [-0.15, -0.1) is 0 Å². The maximum absolute atomic E-state index is 5.66. The fourth-order valence-corrected chi connectivity index (χ4v) is 2.77. The first kappa shape index (κ1) is 13.8. The molecule has 110 valence electrons. The molecule has 2 aliphatic rings. The number of fused-ring (bicyclic) bond motifs is 1. The smallest absolute Gasteiger partial charge is 0.132 e. The second kappa shape index (κ2) is 7.02. The van der Waals surface area contributed by atoms with Crippen LogP contribution in [0.3, 0.4) is 0 Å². The maximum Gasteiger partial charge on any atom is 0.132 e. The van der Waals surface area contributed by atoms with Crippen molar-refractivity contribution < 1.29 is 4.74 Å². The summed E-state index contributed by atoms with van der Waals surface area (Å²) in [6.45, 7) is 2.76. The fourth-order valence-electron chi connectivity index (χ4n) is 2.77. The lowest BCUT2D eigenvalue weighted by atomic mass is 10.1. The van der Waals surface area contributed by atoms with Crippen LogP contribution in [0.15, 0.2) is 6.33 Å². The molecule has 0 amide bonds. The quantitative estimate of drug-likeness (QED) is 0.614. The zero-order chi connectivity index (χ0) is 13.6. The predicted molar refractivity (Wildman–Crippen MR) is 79.9 cm³/mol. The zero-order valence-electron chi connectivity index (χ0n) is 12.2. The number of nitrogens with one attached hydrogen (secondary N) is 1. The highest BCUT2D eigenvalue weighted by atomic mass is 16.5. The Hall–Kier alpha value is -1.16. The second-order valence-electron chi connectivity index (χ2n) is 6.01. The van der Waals surface area contributed by atoms with Crippen LogP contribution in [-0.4, -0.2) is 29.7 Å². The van der Waals surface area contributed by atoms with Crippen LogP contribution >= 0.6 is 0 Å². The van der Waals surface area contributed by atoms with Gasteiger partial charge in [0, 0.05) is 31.0 Å². The summed E-state index contributed by atoms with van der Waals surface area (Å²) in [4.78, 5) is 8.87. The Kier molecular flexibility index (Phi) is 4.85. The van der Waals surface area contributed by atoms with Gasteiger partial charge in [-0.1, -0.05) is 6.42 Å². The summed E-state index contributed by atoms with van der Waals surface area (Å²) in [5.74, 6) is 1.92. The lowest BCUT2D eigenvalue weighted by molar-refractivity contribution is 0.124. The number of aromatic nitrogens is 2. The van der Waals surface area contributed by atoms with Gasteiger partial charge in [0.15, 0.2) is 0 Å². The Balaban J connectivity index is 1.44. The molecule has 0 aromatic carbocycles. The van der Waals surface area contributed by atoms with Crippen LogP contribution in [0.25, 0.3) is 0 Å². The lowest BCUT2D eigenvalue weighted by Gasteiger charge is -2.12. The van der Waals surface area contributed by atoms with Crippen molar-refractivity contribution in [1.29, 1.82) is 0 Å². The molecule has 4 nitrogen and oxygen atoms in total. The van der Waals surface area contributed by atoms with Crippen molar-refractivity contribution in [1.82, 2.24) is 9.97 Å². The van der Waals surface area contributed by atoms with Crippen LogP contribution in [0.4, 0.5) is 5.82 Å². The number of hydrogen-bond acceptors (Lipinski definition) is 4. The summed E-state index contributed by atoms with van der Waals surface area (Å²) in [6, 6.07) is 0. The van der Waals surface area contributed by atoms with Crippen molar-refractivity contribution >= 4 is 5.82 Å². The Morgan fingerprint density at radius 3 is 2.95 bits per heavy atom. The molecule has 0 atom stereocenters. The molecule has 0 aliphatic heterocycles. The molecule has 0 radical (unpaired) electrons. The summed E-state index contributed by atoms with van der Waals surface area (Å²) in [5, 5.41) is 3.47.